The van der Waals surface area contributed by atoms with Gasteiger partial charge in [0.2, 0.25) is 0 Å². The molecular formula is C13H17FN2O3. The van der Waals surface area contributed by atoms with Gasteiger partial charge in [-0.25, -0.2) is 9.82 Å². The lowest BCUT2D eigenvalue weighted by Crippen LogP contribution is -2.29. The molecule has 0 radical (unpaired) electrons. The molecule has 104 valence electrons. The minimum Gasteiger partial charge on any atom is -0.494 e. The van der Waals surface area contributed by atoms with Gasteiger partial charge in [0.1, 0.15) is 0 Å². The summed E-state index contributed by atoms with van der Waals surface area (Å²) in [4.78, 5) is 10.9. The molecule has 2 rings (SSSR count). The minimum atomic E-state index is -0.860. The van der Waals surface area contributed by atoms with Crippen LogP contribution in [0.4, 0.5) is 4.39 Å². The van der Waals surface area contributed by atoms with E-state index in [-0.39, 0.29) is 30.2 Å². The number of rotatable bonds is 4. The van der Waals surface area contributed by atoms with E-state index in [0.717, 1.165) is 0 Å². The van der Waals surface area contributed by atoms with Crippen molar-refractivity contribution in [3.8, 4) is 5.75 Å². The molecule has 0 saturated carbocycles. The van der Waals surface area contributed by atoms with Crippen molar-refractivity contribution in [1.29, 1.82) is 0 Å². The number of carboxylic acids is 1. The fourth-order valence-corrected chi connectivity index (χ4v) is 2.43. The second-order valence-corrected chi connectivity index (χ2v) is 4.71. The first kappa shape index (κ1) is 13.8. The average molecular weight is 268 g/mol. The summed E-state index contributed by atoms with van der Waals surface area (Å²) in [5, 5.41) is 8.94. The van der Waals surface area contributed by atoms with Crippen molar-refractivity contribution in [3.63, 3.8) is 0 Å². The van der Waals surface area contributed by atoms with Crippen LogP contribution in [-0.4, -0.2) is 24.2 Å². The van der Waals surface area contributed by atoms with Crippen molar-refractivity contribution in [1.82, 2.24) is 10.9 Å². The molecule has 6 heteroatoms. The van der Waals surface area contributed by atoms with E-state index in [1.165, 1.54) is 13.2 Å². The van der Waals surface area contributed by atoms with Crippen LogP contribution in [0, 0.1) is 11.7 Å². The lowest BCUT2D eigenvalue weighted by molar-refractivity contribution is -0.138. The molecule has 1 aromatic carbocycles. The summed E-state index contributed by atoms with van der Waals surface area (Å²) in [6, 6.07) is 4.45. The number of carbonyl (C=O) groups is 1. The van der Waals surface area contributed by atoms with E-state index < -0.39 is 11.8 Å². The molecule has 1 aliphatic heterocycles. The number of nitrogens with one attached hydrogen (secondary N) is 2. The summed E-state index contributed by atoms with van der Waals surface area (Å²) in [6.07, 6.45) is 0.0273. The maximum atomic E-state index is 13.7. The number of ether oxygens (including phenoxy) is 1. The van der Waals surface area contributed by atoms with Crippen molar-refractivity contribution < 1.29 is 19.0 Å². The lowest BCUT2D eigenvalue weighted by atomic mass is 9.87. The maximum Gasteiger partial charge on any atom is 0.303 e. The Labute approximate surface area is 110 Å². The van der Waals surface area contributed by atoms with Gasteiger partial charge in [-0.15, -0.1) is 0 Å². The Morgan fingerprint density at radius 1 is 1.47 bits per heavy atom. The molecule has 5 nitrogen and oxygen atoms in total. The van der Waals surface area contributed by atoms with E-state index in [1.54, 1.807) is 12.1 Å². The Balaban J connectivity index is 2.24. The van der Waals surface area contributed by atoms with Crippen LogP contribution in [-0.2, 0) is 4.79 Å². The zero-order chi connectivity index (χ0) is 14.0. The molecule has 1 aliphatic rings. The van der Waals surface area contributed by atoms with Crippen LogP contribution < -0.4 is 15.6 Å². The van der Waals surface area contributed by atoms with E-state index in [2.05, 4.69) is 10.9 Å². The highest BCUT2D eigenvalue weighted by Gasteiger charge is 2.35. The largest absolute Gasteiger partial charge is 0.494 e. The number of benzene rings is 1. The quantitative estimate of drug-likeness (QED) is 0.771. The van der Waals surface area contributed by atoms with Crippen LogP contribution in [0.15, 0.2) is 18.2 Å². The van der Waals surface area contributed by atoms with Crippen molar-refractivity contribution in [2.75, 3.05) is 7.11 Å². The lowest BCUT2D eigenvalue weighted by Gasteiger charge is -2.19. The van der Waals surface area contributed by atoms with Gasteiger partial charge in [0.25, 0.3) is 0 Å². The van der Waals surface area contributed by atoms with Crippen molar-refractivity contribution in [3.05, 3.63) is 29.6 Å². The first-order chi connectivity index (χ1) is 9.02. The second kappa shape index (κ2) is 5.54. The first-order valence-electron chi connectivity index (χ1n) is 6.09. The van der Waals surface area contributed by atoms with E-state index >= 15 is 0 Å². The number of hydrogen-bond acceptors (Lipinski definition) is 4. The second-order valence-electron chi connectivity index (χ2n) is 4.71. The molecule has 0 bridgehead atoms. The highest BCUT2D eigenvalue weighted by molar-refractivity contribution is 5.67. The Hall–Kier alpha value is -1.66. The van der Waals surface area contributed by atoms with Gasteiger partial charge in [-0.2, -0.15) is 0 Å². The van der Waals surface area contributed by atoms with Gasteiger partial charge in [-0.05, 0) is 24.6 Å². The molecular weight excluding hydrogens is 251 g/mol. The van der Waals surface area contributed by atoms with Crippen molar-refractivity contribution >= 4 is 5.97 Å². The number of carboxylic acid groups (broad SMARTS) is 1. The maximum absolute atomic E-state index is 13.7. The third-order valence-electron chi connectivity index (χ3n) is 3.48. The number of aliphatic carboxylic acids is 1. The van der Waals surface area contributed by atoms with Gasteiger partial charge in [0.05, 0.1) is 19.6 Å². The van der Waals surface area contributed by atoms with Gasteiger partial charge in [-0.1, -0.05) is 6.07 Å². The molecule has 3 atom stereocenters. The van der Waals surface area contributed by atoms with E-state index in [4.69, 9.17) is 9.84 Å². The van der Waals surface area contributed by atoms with Crippen LogP contribution in [0.2, 0.25) is 0 Å². The van der Waals surface area contributed by atoms with Crippen molar-refractivity contribution in [2.45, 2.75) is 25.4 Å². The van der Waals surface area contributed by atoms with Crippen LogP contribution in [0.5, 0.6) is 5.75 Å². The third kappa shape index (κ3) is 2.85. The van der Waals surface area contributed by atoms with Gasteiger partial charge in [-0.3, -0.25) is 10.2 Å². The Bertz CT molecular complexity index is 481. The molecule has 1 saturated heterocycles. The summed E-state index contributed by atoms with van der Waals surface area (Å²) in [5.74, 6) is -1.26. The average Bonchev–Trinajstić information content (AvgIpc) is 2.70. The first-order valence-corrected chi connectivity index (χ1v) is 6.09. The van der Waals surface area contributed by atoms with Gasteiger partial charge < -0.3 is 9.84 Å². The number of methoxy groups -OCH3 is 1. The molecule has 3 N–H and O–H groups in total. The fraction of sp³-hybridized carbons (Fsp3) is 0.462. The molecule has 0 spiro atoms. The number of halogens is 1. The molecule has 0 amide bonds. The molecule has 1 fully saturated rings. The summed E-state index contributed by atoms with van der Waals surface area (Å²) in [5.41, 5.74) is 6.74. The van der Waals surface area contributed by atoms with E-state index in [9.17, 15) is 9.18 Å². The zero-order valence-corrected chi connectivity index (χ0v) is 10.8. The topological polar surface area (TPSA) is 70.6 Å². The highest BCUT2D eigenvalue weighted by Crippen LogP contribution is 2.32. The zero-order valence-electron chi connectivity index (χ0n) is 10.8. The van der Waals surface area contributed by atoms with Crippen LogP contribution >= 0.6 is 0 Å². The van der Waals surface area contributed by atoms with Crippen LogP contribution in [0.1, 0.15) is 24.9 Å². The predicted molar refractivity (Wildman–Crippen MR) is 67.2 cm³/mol. The Kier molecular flexibility index (Phi) is 4.01. The number of hydrogen-bond donors (Lipinski definition) is 3. The van der Waals surface area contributed by atoms with Crippen LogP contribution in [0.25, 0.3) is 0 Å². The molecule has 19 heavy (non-hydrogen) atoms. The highest BCUT2D eigenvalue weighted by atomic mass is 19.1. The predicted octanol–water partition coefficient (Wildman–Crippen LogP) is 1.46. The standard InChI is InChI=1S/C13H17FN2O3/c1-7-9(6-12(17)18)13(16-15-7)8-3-4-11(19-2)10(14)5-8/h3-5,7,9,13,15-16H,6H2,1-2H3,(H,17,18). The number of hydrazine groups is 1. The Morgan fingerprint density at radius 2 is 2.21 bits per heavy atom. The smallest absolute Gasteiger partial charge is 0.303 e. The molecule has 0 aliphatic carbocycles. The normalized spacial score (nSPS) is 26.4. The van der Waals surface area contributed by atoms with E-state index in [0.29, 0.717) is 5.56 Å². The SMILES string of the molecule is COc1ccc(C2NNC(C)C2CC(=O)O)cc1F. The summed E-state index contributed by atoms with van der Waals surface area (Å²) in [7, 11) is 1.41. The van der Waals surface area contributed by atoms with E-state index in [1.807, 2.05) is 6.92 Å². The molecule has 1 heterocycles. The minimum absolute atomic E-state index is 0.00580. The molecule has 3 unspecified atom stereocenters. The molecule has 1 aromatic rings. The summed E-state index contributed by atoms with van der Waals surface area (Å²) in [6.45, 7) is 1.90. The summed E-state index contributed by atoms with van der Waals surface area (Å²) < 4.78 is 18.6. The van der Waals surface area contributed by atoms with Crippen molar-refractivity contribution in [2.24, 2.45) is 5.92 Å². The van der Waals surface area contributed by atoms with Crippen LogP contribution in [0.3, 0.4) is 0 Å². The summed E-state index contributed by atoms with van der Waals surface area (Å²) >= 11 is 0. The van der Waals surface area contributed by atoms with Gasteiger partial charge >= 0.3 is 5.97 Å². The Morgan fingerprint density at radius 3 is 2.79 bits per heavy atom. The third-order valence-corrected chi connectivity index (χ3v) is 3.48. The molecule has 0 aromatic heterocycles. The van der Waals surface area contributed by atoms with Gasteiger partial charge in [0.15, 0.2) is 11.6 Å². The monoisotopic (exact) mass is 268 g/mol. The van der Waals surface area contributed by atoms with Gasteiger partial charge in [0, 0.05) is 12.0 Å². The fourth-order valence-electron chi connectivity index (χ4n) is 2.43.